The maximum atomic E-state index is 12.7. The molecule has 0 aromatic carbocycles. The van der Waals surface area contributed by atoms with Crippen molar-refractivity contribution < 1.29 is 9.59 Å². The number of aryl methyl sites for hydroxylation is 2. The van der Waals surface area contributed by atoms with Crippen molar-refractivity contribution in [2.75, 3.05) is 5.32 Å². The third-order valence-electron chi connectivity index (χ3n) is 5.62. The van der Waals surface area contributed by atoms with Crippen molar-refractivity contribution in [1.82, 2.24) is 24.9 Å². The number of aromatic amines is 1. The number of hydrogen-bond acceptors (Lipinski definition) is 8. The first-order valence-electron chi connectivity index (χ1n) is 10.3. The van der Waals surface area contributed by atoms with Gasteiger partial charge in [0.05, 0.1) is 35.0 Å². The van der Waals surface area contributed by atoms with Crippen molar-refractivity contribution in [2.45, 2.75) is 45.4 Å². The second-order valence-electron chi connectivity index (χ2n) is 7.87. The summed E-state index contributed by atoms with van der Waals surface area (Å²) in [6, 6.07) is 3.33. The molecular weight excluding hydrogens is 410 g/mol. The molecule has 4 rings (SSSR count). The van der Waals surface area contributed by atoms with Gasteiger partial charge in [0.15, 0.2) is 5.78 Å². The van der Waals surface area contributed by atoms with Gasteiger partial charge in [-0.1, -0.05) is 6.92 Å². The Balaban J connectivity index is 1.77. The number of nitrogens with one attached hydrogen (secondary N) is 2. The van der Waals surface area contributed by atoms with Gasteiger partial charge in [0.1, 0.15) is 22.9 Å². The van der Waals surface area contributed by atoms with Crippen LogP contribution in [0.2, 0.25) is 0 Å². The number of nitrogens with zero attached hydrogens (tertiary/aromatic N) is 4. The van der Waals surface area contributed by atoms with Gasteiger partial charge < -0.3 is 16.0 Å². The SMILES string of the molecule is CCC(=O)c1cc(C)c(Nc2c(-c3cc(C4(C(N)=O)CC4)nc(C)n3)nc[nH]c2=O)cn1. The molecule has 3 heterocycles. The lowest BCUT2D eigenvalue weighted by atomic mass is 10.00. The van der Waals surface area contributed by atoms with E-state index in [0.717, 1.165) is 5.56 Å². The van der Waals surface area contributed by atoms with E-state index in [4.69, 9.17) is 5.73 Å². The molecule has 1 aliphatic carbocycles. The van der Waals surface area contributed by atoms with Gasteiger partial charge in [-0.3, -0.25) is 19.4 Å². The van der Waals surface area contributed by atoms with E-state index in [9.17, 15) is 14.4 Å². The quantitative estimate of drug-likeness (QED) is 0.478. The van der Waals surface area contributed by atoms with Crippen LogP contribution in [0.25, 0.3) is 11.4 Å². The highest BCUT2D eigenvalue weighted by Gasteiger charge is 2.51. The van der Waals surface area contributed by atoms with Crippen LogP contribution in [0.3, 0.4) is 0 Å². The average molecular weight is 433 g/mol. The number of amides is 1. The predicted molar refractivity (Wildman–Crippen MR) is 118 cm³/mol. The molecule has 1 fully saturated rings. The Hall–Kier alpha value is -3.95. The van der Waals surface area contributed by atoms with E-state index in [1.54, 1.807) is 26.0 Å². The highest BCUT2D eigenvalue weighted by molar-refractivity contribution is 5.94. The number of carbonyl (C=O) groups excluding carboxylic acids is 2. The summed E-state index contributed by atoms with van der Waals surface area (Å²) in [7, 11) is 0. The second-order valence-corrected chi connectivity index (χ2v) is 7.87. The van der Waals surface area contributed by atoms with Crippen LogP contribution in [0.5, 0.6) is 0 Å². The Morgan fingerprint density at radius 2 is 1.94 bits per heavy atom. The first-order chi connectivity index (χ1) is 15.2. The third-order valence-corrected chi connectivity index (χ3v) is 5.62. The lowest BCUT2D eigenvalue weighted by Crippen LogP contribution is -2.29. The van der Waals surface area contributed by atoms with E-state index < -0.39 is 16.9 Å². The summed E-state index contributed by atoms with van der Waals surface area (Å²) in [6.45, 7) is 5.30. The molecule has 1 amide bonds. The summed E-state index contributed by atoms with van der Waals surface area (Å²) >= 11 is 0. The normalized spacial score (nSPS) is 14.1. The highest BCUT2D eigenvalue weighted by atomic mass is 16.1. The highest BCUT2D eigenvalue weighted by Crippen LogP contribution is 2.47. The zero-order valence-electron chi connectivity index (χ0n) is 18.0. The van der Waals surface area contributed by atoms with Gasteiger partial charge in [0, 0.05) is 6.42 Å². The van der Waals surface area contributed by atoms with Crippen molar-refractivity contribution >= 4 is 23.1 Å². The molecule has 164 valence electrons. The topological polar surface area (TPSA) is 157 Å². The van der Waals surface area contributed by atoms with Crippen molar-refractivity contribution in [3.8, 4) is 11.4 Å². The third kappa shape index (κ3) is 3.75. The number of pyridine rings is 1. The number of rotatable bonds is 7. The van der Waals surface area contributed by atoms with Crippen molar-refractivity contribution in [3.05, 3.63) is 57.8 Å². The van der Waals surface area contributed by atoms with Crippen LogP contribution in [0.4, 0.5) is 11.4 Å². The molecule has 0 radical (unpaired) electrons. The Kier molecular flexibility index (Phi) is 5.29. The predicted octanol–water partition coefficient (Wildman–Crippen LogP) is 2.09. The monoisotopic (exact) mass is 433 g/mol. The zero-order valence-corrected chi connectivity index (χ0v) is 18.0. The van der Waals surface area contributed by atoms with Crippen LogP contribution < -0.4 is 16.6 Å². The molecular formula is C22H23N7O3. The van der Waals surface area contributed by atoms with Crippen molar-refractivity contribution in [1.29, 1.82) is 0 Å². The summed E-state index contributed by atoms with van der Waals surface area (Å²) in [5.41, 5.74) is 7.47. The summed E-state index contributed by atoms with van der Waals surface area (Å²) in [4.78, 5) is 56.5. The minimum atomic E-state index is -0.792. The Morgan fingerprint density at radius 1 is 1.19 bits per heavy atom. The number of H-pyrrole nitrogens is 1. The molecule has 1 aliphatic rings. The summed E-state index contributed by atoms with van der Waals surface area (Å²) < 4.78 is 0. The van der Waals surface area contributed by atoms with Gasteiger partial charge in [-0.2, -0.15) is 0 Å². The maximum absolute atomic E-state index is 12.7. The molecule has 3 aromatic rings. The number of Topliss-reactive ketones (excluding diaryl/α,β-unsaturated/α-hetero) is 1. The number of nitrogens with two attached hydrogens (primary N) is 1. The van der Waals surface area contributed by atoms with E-state index in [-0.39, 0.29) is 11.5 Å². The van der Waals surface area contributed by atoms with E-state index in [0.29, 0.717) is 53.5 Å². The molecule has 10 heteroatoms. The van der Waals surface area contributed by atoms with E-state index in [2.05, 4.69) is 30.2 Å². The molecule has 10 nitrogen and oxygen atoms in total. The molecule has 1 saturated carbocycles. The molecule has 0 aliphatic heterocycles. The fourth-order valence-corrected chi connectivity index (χ4v) is 3.55. The van der Waals surface area contributed by atoms with Crippen molar-refractivity contribution in [2.24, 2.45) is 5.73 Å². The summed E-state index contributed by atoms with van der Waals surface area (Å²) in [5, 5.41) is 3.08. The van der Waals surface area contributed by atoms with Crippen LogP contribution in [0.15, 0.2) is 29.5 Å². The molecule has 4 N–H and O–H groups in total. The van der Waals surface area contributed by atoms with Crippen LogP contribution in [0, 0.1) is 13.8 Å². The fourth-order valence-electron chi connectivity index (χ4n) is 3.55. The minimum Gasteiger partial charge on any atom is -0.369 e. The van der Waals surface area contributed by atoms with Crippen LogP contribution in [-0.4, -0.2) is 36.6 Å². The van der Waals surface area contributed by atoms with Gasteiger partial charge in [-0.25, -0.2) is 15.0 Å². The Labute approximate surface area is 183 Å². The molecule has 3 aromatic heterocycles. The molecule has 0 saturated heterocycles. The second kappa shape index (κ2) is 7.95. The lowest BCUT2D eigenvalue weighted by Gasteiger charge is -2.15. The van der Waals surface area contributed by atoms with Gasteiger partial charge in [0.25, 0.3) is 5.56 Å². The van der Waals surface area contributed by atoms with Crippen LogP contribution >= 0.6 is 0 Å². The Morgan fingerprint density at radius 3 is 2.56 bits per heavy atom. The first-order valence-corrected chi connectivity index (χ1v) is 10.3. The first kappa shape index (κ1) is 21.3. The largest absolute Gasteiger partial charge is 0.369 e. The van der Waals surface area contributed by atoms with Crippen LogP contribution in [0.1, 0.15) is 53.8 Å². The Bertz CT molecular complexity index is 1290. The molecule has 0 unspecified atom stereocenters. The number of anilines is 2. The molecule has 0 spiro atoms. The standard InChI is InChI=1S/C22H23N7O3/c1-4-16(30)13-7-11(2)15(9-24-13)29-19-18(25-10-26-20(19)31)14-8-17(28-12(3)27-14)22(5-6-22)21(23)32/h7-10,29H,4-6H2,1-3H3,(H2,23,32)(H,25,26,31). The van der Waals surface area contributed by atoms with E-state index in [1.165, 1.54) is 12.5 Å². The van der Waals surface area contributed by atoms with Crippen molar-refractivity contribution in [3.63, 3.8) is 0 Å². The summed E-state index contributed by atoms with van der Waals surface area (Å²) in [6.07, 6.45) is 4.40. The number of ketones is 1. The molecule has 0 bridgehead atoms. The van der Waals surface area contributed by atoms with E-state index in [1.807, 2.05) is 6.92 Å². The van der Waals surface area contributed by atoms with Crippen LogP contribution in [-0.2, 0) is 10.2 Å². The maximum Gasteiger partial charge on any atom is 0.275 e. The van der Waals surface area contributed by atoms with Gasteiger partial charge in [0.2, 0.25) is 5.91 Å². The molecule has 32 heavy (non-hydrogen) atoms. The van der Waals surface area contributed by atoms with Gasteiger partial charge >= 0.3 is 0 Å². The fraction of sp³-hybridized carbons (Fsp3) is 0.318. The number of carbonyl (C=O) groups is 2. The van der Waals surface area contributed by atoms with E-state index >= 15 is 0 Å². The molecule has 0 atom stereocenters. The van der Waals surface area contributed by atoms with Gasteiger partial charge in [-0.05, 0) is 44.4 Å². The zero-order chi connectivity index (χ0) is 23.0. The number of primary amides is 1. The lowest BCUT2D eigenvalue weighted by molar-refractivity contribution is -0.120. The summed E-state index contributed by atoms with van der Waals surface area (Å²) in [5.74, 6) is -0.0486. The number of aromatic nitrogens is 5. The minimum absolute atomic E-state index is 0.0630. The van der Waals surface area contributed by atoms with Gasteiger partial charge in [-0.15, -0.1) is 0 Å². The number of hydrogen-bond donors (Lipinski definition) is 3. The average Bonchev–Trinajstić information content (AvgIpc) is 3.57. The smallest absolute Gasteiger partial charge is 0.275 e.